The molecule has 6 heteroatoms. The van der Waals surface area contributed by atoms with Crippen molar-refractivity contribution in [3.05, 3.63) is 59.4 Å². The second-order valence-electron chi connectivity index (χ2n) is 5.61. The number of hydrogen-bond donors (Lipinski definition) is 2. The van der Waals surface area contributed by atoms with Gasteiger partial charge in [0.05, 0.1) is 0 Å². The van der Waals surface area contributed by atoms with Gasteiger partial charge in [0.15, 0.2) is 0 Å². The number of hydrogen-bond acceptors (Lipinski definition) is 3. The smallest absolute Gasteiger partial charge is 0.303 e. The summed E-state index contributed by atoms with van der Waals surface area (Å²) in [4.78, 5) is 20.3. The number of benzene rings is 2. The first kappa shape index (κ1) is 21.2. The third-order valence-corrected chi connectivity index (χ3v) is 3.45. The Hall–Kier alpha value is -2.89. The molecule has 0 spiro atoms. The Morgan fingerprint density at radius 2 is 1.62 bits per heavy atom. The predicted octanol–water partition coefficient (Wildman–Crippen LogP) is 4.08. The maximum atomic E-state index is 12.9. The Morgan fingerprint density at radius 1 is 1.04 bits per heavy atom. The zero-order valence-corrected chi connectivity index (χ0v) is 15.0. The van der Waals surface area contributed by atoms with E-state index in [1.54, 1.807) is 19.1 Å². The highest BCUT2D eigenvalue weighted by molar-refractivity contribution is 5.74. The van der Waals surface area contributed by atoms with Gasteiger partial charge in [0.25, 0.3) is 0 Å². The van der Waals surface area contributed by atoms with Gasteiger partial charge in [0.1, 0.15) is 17.3 Å². The molecule has 0 aromatic heterocycles. The fraction of sp³-hybridized carbons (Fsp3) is 0.300. The summed E-state index contributed by atoms with van der Waals surface area (Å²) in [5.41, 5.74) is 7.31. The summed E-state index contributed by atoms with van der Waals surface area (Å²) in [6, 6.07) is 11.7. The maximum Gasteiger partial charge on any atom is 0.303 e. The van der Waals surface area contributed by atoms with Crippen molar-refractivity contribution in [3.8, 4) is 11.5 Å². The van der Waals surface area contributed by atoms with Crippen LogP contribution in [0.2, 0.25) is 0 Å². The van der Waals surface area contributed by atoms with Crippen LogP contribution in [0, 0.1) is 5.82 Å². The molecular formula is C20H24FNO4. The van der Waals surface area contributed by atoms with Gasteiger partial charge in [-0.05, 0) is 60.4 Å². The Bertz CT molecular complexity index is 729. The fourth-order valence-electron chi connectivity index (χ4n) is 2.04. The summed E-state index contributed by atoms with van der Waals surface area (Å²) in [7, 11) is 0. The van der Waals surface area contributed by atoms with E-state index in [4.69, 9.17) is 15.6 Å². The lowest BCUT2D eigenvalue weighted by atomic mass is 10.0. The van der Waals surface area contributed by atoms with Crippen molar-refractivity contribution < 1.29 is 23.8 Å². The Balaban J connectivity index is 0.000000597. The maximum absolute atomic E-state index is 12.9. The topological polar surface area (TPSA) is 89.6 Å². The summed E-state index contributed by atoms with van der Waals surface area (Å²) >= 11 is 0. The number of aryl methyl sites for hydroxylation is 2. The van der Waals surface area contributed by atoms with E-state index in [1.165, 1.54) is 12.1 Å². The molecule has 0 radical (unpaired) electrons. The van der Waals surface area contributed by atoms with Crippen molar-refractivity contribution in [2.75, 3.05) is 0 Å². The number of primary amides is 1. The minimum absolute atomic E-state index is 0.222. The Labute approximate surface area is 152 Å². The van der Waals surface area contributed by atoms with E-state index in [9.17, 15) is 14.0 Å². The third kappa shape index (κ3) is 8.28. The third-order valence-electron chi connectivity index (χ3n) is 3.45. The number of aliphatic carboxylic acids is 1. The molecule has 0 bridgehead atoms. The minimum atomic E-state index is -0.745. The molecule has 0 atom stereocenters. The fourth-order valence-corrected chi connectivity index (χ4v) is 2.04. The van der Waals surface area contributed by atoms with Gasteiger partial charge in [-0.25, -0.2) is 4.39 Å². The van der Waals surface area contributed by atoms with E-state index in [2.05, 4.69) is 6.92 Å². The molecule has 2 aromatic carbocycles. The first-order chi connectivity index (χ1) is 12.3. The van der Waals surface area contributed by atoms with Crippen LogP contribution in [-0.2, 0) is 22.4 Å². The van der Waals surface area contributed by atoms with Gasteiger partial charge in [0.2, 0.25) is 5.91 Å². The molecule has 5 nitrogen and oxygen atoms in total. The number of amides is 1. The van der Waals surface area contributed by atoms with E-state index < -0.39 is 5.97 Å². The van der Waals surface area contributed by atoms with Crippen LogP contribution < -0.4 is 10.5 Å². The lowest BCUT2D eigenvalue weighted by Gasteiger charge is -2.10. The van der Waals surface area contributed by atoms with Crippen LogP contribution in [0.25, 0.3) is 0 Å². The van der Waals surface area contributed by atoms with Crippen molar-refractivity contribution in [1.29, 1.82) is 0 Å². The van der Waals surface area contributed by atoms with Gasteiger partial charge in [-0.15, -0.1) is 0 Å². The molecule has 1 amide bonds. The van der Waals surface area contributed by atoms with E-state index in [0.29, 0.717) is 24.3 Å². The summed E-state index contributed by atoms with van der Waals surface area (Å²) in [5, 5.41) is 7.72. The zero-order chi connectivity index (χ0) is 19.5. The Morgan fingerprint density at radius 3 is 2.12 bits per heavy atom. The molecule has 26 heavy (non-hydrogen) atoms. The van der Waals surface area contributed by atoms with Crippen molar-refractivity contribution in [2.45, 2.75) is 39.5 Å². The van der Waals surface area contributed by atoms with Gasteiger partial charge in [-0.1, -0.05) is 19.9 Å². The van der Waals surface area contributed by atoms with Crippen LogP contribution in [0.1, 0.15) is 37.8 Å². The van der Waals surface area contributed by atoms with E-state index in [-0.39, 0.29) is 18.1 Å². The predicted molar refractivity (Wildman–Crippen MR) is 97.7 cm³/mol. The largest absolute Gasteiger partial charge is 0.481 e. The molecule has 2 rings (SSSR count). The minimum Gasteiger partial charge on any atom is -0.481 e. The number of nitrogens with two attached hydrogens (primary N) is 1. The highest BCUT2D eigenvalue weighted by atomic mass is 19.1. The second kappa shape index (κ2) is 10.9. The molecule has 0 heterocycles. The van der Waals surface area contributed by atoms with Crippen molar-refractivity contribution in [2.24, 2.45) is 5.73 Å². The van der Waals surface area contributed by atoms with Crippen molar-refractivity contribution in [1.82, 2.24) is 0 Å². The van der Waals surface area contributed by atoms with Crippen LogP contribution in [0.4, 0.5) is 4.39 Å². The monoisotopic (exact) mass is 361 g/mol. The summed E-state index contributed by atoms with van der Waals surface area (Å²) in [6.45, 7) is 3.65. The zero-order valence-electron chi connectivity index (χ0n) is 15.0. The molecule has 0 saturated carbocycles. The number of carbonyl (C=O) groups is 2. The highest BCUT2D eigenvalue weighted by Crippen LogP contribution is 2.25. The summed E-state index contributed by atoms with van der Waals surface area (Å²) in [5.74, 6) is -0.111. The molecule has 3 N–H and O–H groups in total. The average Bonchev–Trinajstić information content (AvgIpc) is 2.62. The number of carboxylic acid groups (broad SMARTS) is 1. The van der Waals surface area contributed by atoms with E-state index >= 15 is 0 Å². The van der Waals surface area contributed by atoms with Gasteiger partial charge >= 0.3 is 5.97 Å². The molecule has 2 aromatic rings. The van der Waals surface area contributed by atoms with Gasteiger partial charge in [0, 0.05) is 12.8 Å². The average molecular weight is 361 g/mol. The first-order valence-electron chi connectivity index (χ1n) is 8.40. The highest BCUT2D eigenvalue weighted by Gasteiger charge is 2.05. The normalized spacial score (nSPS) is 9.81. The molecule has 0 aliphatic carbocycles. The van der Waals surface area contributed by atoms with Crippen LogP contribution in [-0.4, -0.2) is 17.0 Å². The molecule has 0 aliphatic rings. The molecule has 0 saturated heterocycles. The SMILES string of the molecule is CCC(=O)O.CCc1cc(CCC(N)=O)cc(Oc2ccc(F)cc2)c1. The molecule has 0 aliphatic heterocycles. The van der Waals surface area contributed by atoms with Crippen LogP contribution in [0.3, 0.4) is 0 Å². The number of rotatable bonds is 7. The molecular weight excluding hydrogens is 337 g/mol. The van der Waals surface area contributed by atoms with E-state index in [1.807, 2.05) is 18.2 Å². The number of carboxylic acids is 1. The van der Waals surface area contributed by atoms with Crippen LogP contribution in [0.15, 0.2) is 42.5 Å². The van der Waals surface area contributed by atoms with Gasteiger partial charge in [-0.2, -0.15) is 0 Å². The van der Waals surface area contributed by atoms with Crippen molar-refractivity contribution >= 4 is 11.9 Å². The standard InChI is InChI=1S/C17H18FNO2.C3H6O2/c1-2-12-9-13(3-8-17(19)20)11-16(10-12)21-15-6-4-14(18)5-7-15;1-2-3(4)5/h4-7,9-11H,2-3,8H2,1H3,(H2,19,20);2H2,1H3,(H,4,5). The first-order valence-corrected chi connectivity index (χ1v) is 8.40. The van der Waals surface area contributed by atoms with Crippen LogP contribution >= 0.6 is 0 Å². The second-order valence-corrected chi connectivity index (χ2v) is 5.61. The number of ether oxygens (including phenoxy) is 1. The Kier molecular flexibility index (Phi) is 8.84. The molecule has 0 fully saturated rings. The summed E-state index contributed by atoms with van der Waals surface area (Å²) < 4.78 is 18.6. The molecule has 0 unspecified atom stereocenters. The van der Waals surface area contributed by atoms with Gasteiger partial charge < -0.3 is 15.6 Å². The van der Waals surface area contributed by atoms with Crippen molar-refractivity contribution in [3.63, 3.8) is 0 Å². The van der Waals surface area contributed by atoms with Crippen LogP contribution in [0.5, 0.6) is 11.5 Å². The lowest BCUT2D eigenvalue weighted by Crippen LogP contribution is -2.11. The quantitative estimate of drug-likeness (QED) is 0.777. The number of halogens is 1. The number of carbonyl (C=O) groups excluding carboxylic acids is 1. The van der Waals surface area contributed by atoms with E-state index in [0.717, 1.165) is 17.5 Å². The lowest BCUT2D eigenvalue weighted by molar-refractivity contribution is -0.136. The van der Waals surface area contributed by atoms with Gasteiger partial charge in [-0.3, -0.25) is 9.59 Å². The molecule has 140 valence electrons. The summed E-state index contributed by atoms with van der Waals surface area (Å²) in [6.07, 6.45) is 1.98.